The predicted octanol–water partition coefficient (Wildman–Crippen LogP) is 11.4. The van der Waals surface area contributed by atoms with Gasteiger partial charge in [0, 0.05) is 49.0 Å². The van der Waals surface area contributed by atoms with Crippen molar-refractivity contribution in [1.29, 1.82) is 0 Å². The van der Waals surface area contributed by atoms with Crippen LogP contribution in [-0.4, -0.2) is 17.6 Å². The molecule has 5 heteroatoms. The highest BCUT2D eigenvalue weighted by atomic mass is 32.2. The zero-order chi connectivity index (χ0) is 34.3. The average molecular weight is 667 g/mol. The lowest BCUT2D eigenvalue weighted by Crippen LogP contribution is -2.56. The molecule has 0 amide bonds. The molecule has 0 aliphatic carbocycles. The molecule has 0 saturated carbocycles. The van der Waals surface area contributed by atoms with Crippen molar-refractivity contribution in [3.63, 3.8) is 0 Å². The number of rotatable bonds is 2. The van der Waals surface area contributed by atoms with Crippen molar-refractivity contribution in [3.8, 4) is 11.1 Å². The smallest absolute Gasteiger partial charge is 0.333 e. The fraction of sp³-hybridized carbons (Fsp3) is 0.200. The standard InChI is InChI=1S/C45H39BN2OS/c1-44(2,3)26-21-27(45(4,5)6)23-28(22-26)47-37-24-29(50-7)19-20-35(37)46-41-34(25-39-40(43(41)47)33-14-9-11-18-38(33)49-39)32-16-12-15-31-30-13-8-10-17-36(30)48(46)42(31)32/h8-25H,1-7H3. The largest absolute Gasteiger partial charge is 0.456 e. The molecule has 50 heavy (non-hydrogen) atoms. The summed E-state index contributed by atoms with van der Waals surface area (Å²) in [5.41, 5.74) is 15.9. The Morgan fingerprint density at radius 1 is 0.640 bits per heavy atom. The summed E-state index contributed by atoms with van der Waals surface area (Å²) < 4.78 is 9.44. The molecule has 8 aromatic rings. The fourth-order valence-corrected chi connectivity index (χ4v) is 9.08. The summed E-state index contributed by atoms with van der Waals surface area (Å²) in [5, 5.41) is 4.92. The Hall–Kier alpha value is -4.87. The maximum absolute atomic E-state index is 6.80. The number of anilines is 3. The van der Waals surface area contributed by atoms with E-state index in [4.69, 9.17) is 4.42 Å². The summed E-state index contributed by atoms with van der Waals surface area (Å²) in [6.07, 6.45) is 2.18. The Kier molecular flexibility index (Phi) is 6.06. The first-order chi connectivity index (χ1) is 24.0. The highest BCUT2D eigenvalue weighted by Crippen LogP contribution is 2.51. The Bertz CT molecular complexity index is 2710. The zero-order valence-corrected chi connectivity index (χ0v) is 30.5. The summed E-state index contributed by atoms with van der Waals surface area (Å²) >= 11 is 1.80. The minimum Gasteiger partial charge on any atom is -0.456 e. The number of furan rings is 1. The number of para-hydroxylation sites is 3. The zero-order valence-electron chi connectivity index (χ0n) is 29.7. The van der Waals surface area contributed by atoms with Crippen LogP contribution in [0.1, 0.15) is 52.7 Å². The van der Waals surface area contributed by atoms with E-state index in [9.17, 15) is 0 Å². The second-order valence-corrected chi connectivity index (χ2v) is 17.1. The van der Waals surface area contributed by atoms with Crippen molar-refractivity contribution in [1.82, 2.24) is 4.48 Å². The molecule has 0 unspecified atom stereocenters. The minimum absolute atomic E-state index is 0.00889. The number of fused-ring (bicyclic) bond motifs is 11. The fourth-order valence-electron chi connectivity index (χ4n) is 8.65. The topological polar surface area (TPSA) is 21.3 Å². The van der Waals surface area contributed by atoms with Gasteiger partial charge in [0.25, 0.3) is 0 Å². The summed E-state index contributed by atoms with van der Waals surface area (Å²) in [7, 11) is 0. The molecule has 4 heterocycles. The van der Waals surface area contributed by atoms with Crippen LogP contribution in [0.4, 0.5) is 17.1 Å². The van der Waals surface area contributed by atoms with Crippen molar-refractivity contribution in [2.24, 2.45) is 0 Å². The van der Waals surface area contributed by atoms with Crippen LogP contribution in [0, 0.1) is 0 Å². The van der Waals surface area contributed by atoms with E-state index < -0.39 is 0 Å². The van der Waals surface area contributed by atoms with Crippen molar-refractivity contribution < 1.29 is 4.42 Å². The summed E-state index contributed by atoms with van der Waals surface area (Å²) in [4.78, 5) is 3.85. The van der Waals surface area contributed by atoms with Gasteiger partial charge in [-0.25, -0.2) is 0 Å². The third kappa shape index (κ3) is 4.01. The van der Waals surface area contributed by atoms with Gasteiger partial charge in [-0.05, 0) is 87.2 Å². The van der Waals surface area contributed by atoms with Gasteiger partial charge in [0.1, 0.15) is 11.2 Å². The van der Waals surface area contributed by atoms with Crippen LogP contribution in [0.15, 0.2) is 119 Å². The van der Waals surface area contributed by atoms with Crippen molar-refractivity contribution in [2.45, 2.75) is 57.3 Å². The molecule has 2 aliphatic heterocycles. The maximum atomic E-state index is 6.80. The molecule has 0 saturated heterocycles. The van der Waals surface area contributed by atoms with Crippen LogP contribution >= 0.6 is 11.8 Å². The van der Waals surface area contributed by atoms with Gasteiger partial charge in [0.05, 0.1) is 11.1 Å². The van der Waals surface area contributed by atoms with Gasteiger partial charge in [-0.2, -0.15) is 0 Å². The van der Waals surface area contributed by atoms with Gasteiger partial charge in [0.15, 0.2) is 0 Å². The number of hydrogen-bond donors (Lipinski definition) is 0. The summed E-state index contributed by atoms with van der Waals surface area (Å²) in [6, 6.07) is 41.1. The molecule has 244 valence electrons. The quantitative estimate of drug-likeness (QED) is 0.135. The van der Waals surface area contributed by atoms with E-state index in [-0.39, 0.29) is 17.7 Å². The van der Waals surface area contributed by atoms with E-state index in [0.29, 0.717) is 0 Å². The summed E-state index contributed by atoms with van der Waals surface area (Å²) in [5.74, 6) is 0. The molecule has 3 nitrogen and oxygen atoms in total. The lowest BCUT2D eigenvalue weighted by molar-refractivity contribution is 0.569. The van der Waals surface area contributed by atoms with Crippen LogP contribution in [0.3, 0.4) is 0 Å². The number of hydrogen-bond acceptors (Lipinski definition) is 3. The first kappa shape index (κ1) is 30.0. The third-order valence-corrected chi connectivity index (χ3v) is 11.9. The monoisotopic (exact) mass is 666 g/mol. The maximum Gasteiger partial charge on any atom is 0.333 e. The lowest BCUT2D eigenvalue weighted by atomic mass is 9.45. The number of nitrogens with zero attached hydrogens (tertiary/aromatic N) is 2. The number of aromatic nitrogens is 1. The van der Waals surface area contributed by atoms with Gasteiger partial charge in [0.2, 0.25) is 0 Å². The van der Waals surface area contributed by atoms with E-state index in [0.717, 1.165) is 16.6 Å². The van der Waals surface area contributed by atoms with Crippen molar-refractivity contribution in [3.05, 3.63) is 120 Å². The molecule has 2 aromatic heterocycles. The van der Waals surface area contributed by atoms with Gasteiger partial charge >= 0.3 is 6.85 Å². The summed E-state index contributed by atoms with van der Waals surface area (Å²) in [6.45, 7) is 14.0. The van der Waals surface area contributed by atoms with Crippen LogP contribution in [0.2, 0.25) is 0 Å². The second kappa shape index (κ2) is 10.1. The molecule has 6 aromatic carbocycles. The normalized spacial score (nSPS) is 13.9. The van der Waals surface area contributed by atoms with Crippen LogP contribution in [-0.2, 0) is 10.8 Å². The molecular formula is C45H39BN2OS. The third-order valence-electron chi connectivity index (χ3n) is 11.1. The molecule has 0 N–H and O–H groups in total. The Morgan fingerprint density at radius 2 is 1.34 bits per heavy atom. The SMILES string of the molecule is CSc1ccc2c(c1)N(c1cc(C(C)(C)C)cc(C(C)(C)C)c1)c1c3c(cc4oc5ccccc5c14)-c1cccc4c5ccccc5n(c14)B23. The molecule has 0 spiro atoms. The molecule has 0 fully saturated rings. The Morgan fingerprint density at radius 3 is 2.08 bits per heavy atom. The molecule has 0 atom stereocenters. The molecule has 10 rings (SSSR count). The van der Waals surface area contributed by atoms with Crippen molar-refractivity contribution in [2.75, 3.05) is 11.2 Å². The second-order valence-electron chi connectivity index (χ2n) is 16.2. The highest BCUT2D eigenvalue weighted by molar-refractivity contribution is 7.98. The van der Waals surface area contributed by atoms with Gasteiger partial charge < -0.3 is 13.8 Å². The van der Waals surface area contributed by atoms with Crippen molar-refractivity contribution >= 4 is 90.3 Å². The molecule has 0 radical (unpaired) electrons. The van der Waals surface area contributed by atoms with E-state index in [1.54, 1.807) is 11.8 Å². The molecule has 2 aliphatic rings. The van der Waals surface area contributed by atoms with E-state index in [2.05, 4.69) is 166 Å². The number of benzene rings is 6. The Balaban J connectivity index is 1.44. The van der Waals surface area contributed by atoms with Gasteiger partial charge in [-0.15, -0.1) is 11.8 Å². The average Bonchev–Trinajstić information content (AvgIpc) is 3.65. The first-order valence-electron chi connectivity index (χ1n) is 17.7. The van der Waals surface area contributed by atoms with Crippen LogP contribution < -0.4 is 15.8 Å². The number of thioether (sulfide) groups is 1. The van der Waals surface area contributed by atoms with E-state index in [1.807, 2.05) is 0 Å². The minimum atomic E-state index is -0.0271. The van der Waals surface area contributed by atoms with Gasteiger partial charge in [-0.3, -0.25) is 0 Å². The molecular weight excluding hydrogens is 627 g/mol. The van der Waals surface area contributed by atoms with Crippen LogP contribution in [0.25, 0.3) is 54.9 Å². The molecule has 0 bridgehead atoms. The highest BCUT2D eigenvalue weighted by Gasteiger charge is 2.44. The lowest BCUT2D eigenvalue weighted by Gasteiger charge is -2.41. The Labute approximate surface area is 298 Å². The van der Waals surface area contributed by atoms with Crippen LogP contribution in [0.5, 0.6) is 0 Å². The van der Waals surface area contributed by atoms with E-state index >= 15 is 0 Å². The predicted molar refractivity (Wildman–Crippen MR) is 216 cm³/mol. The van der Waals surface area contributed by atoms with E-state index in [1.165, 1.54) is 82.3 Å². The van der Waals surface area contributed by atoms with Gasteiger partial charge in [-0.1, -0.05) is 108 Å². The first-order valence-corrected chi connectivity index (χ1v) is 18.9.